The van der Waals surface area contributed by atoms with Crippen molar-refractivity contribution in [3.8, 4) is 0 Å². The van der Waals surface area contributed by atoms with E-state index in [1.807, 2.05) is 0 Å². The van der Waals surface area contributed by atoms with Gasteiger partial charge in [-0.15, -0.1) is 0 Å². The van der Waals surface area contributed by atoms with Crippen molar-refractivity contribution in [2.24, 2.45) is 5.92 Å². The molecule has 3 aliphatic heterocycles. The molecule has 3 aliphatic carbocycles. The summed E-state index contributed by atoms with van der Waals surface area (Å²) in [5.41, 5.74) is 22.2. The van der Waals surface area contributed by atoms with Gasteiger partial charge in [0.1, 0.15) is 0 Å². The molecule has 3 heterocycles. The largest absolute Gasteiger partial charge is 0.311 e. The molecule has 0 saturated heterocycles. The fourth-order valence-corrected chi connectivity index (χ4v) is 11.5. The summed E-state index contributed by atoms with van der Waals surface area (Å²) in [4.78, 5) is 5.32. The van der Waals surface area contributed by atoms with Gasteiger partial charge in [0.2, 0.25) is 0 Å². The number of rotatable bonds is 3. The molecular formula is C50H52N2. The standard InChI is InChI=1S/C50H52N2/c1-29-23-30(2)25-32(24-29)51(31-21-22-35-34-15-11-12-16-36(34)47(3,4)41(35)26-31)33-27-42-46-43(28-33)50(9,10)40-20-14-18-38-45(40)52(46)44-37(48(38,5)6)17-13-19-39(44)49(42,7)8/h11-13,15-17,19-28,35,41H,14,18H2,1-10H3. The quantitative estimate of drug-likeness (QED) is 0.212. The predicted octanol–water partition coefficient (Wildman–Crippen LogP) is 12.9. The first-order valence-electron chi connectivity index (χ1n) is 19.6. The summed E-state index contributed by atoms with van der Waals surface area (Å²) >= 11 is 0. The van der Waals surface area contributed by atoms with Crippen LogP contribution >= 0.6 is 0 Å². The van der Waals surface area contributed by atoms with E-state index in [1.165, 1.54) is 84.2 Å². The SMILES string of the molecule is Cc1cc(C)cc(N(C2=CC3C(C=C2)c2ccccc2C3(C)C)c2cc3c4c(c2)C(C)(C)c2cccc5c2N4C2=C(CCC=C2C3(C)C)C5(C)C)c1. The second-order valence-electron chi connectivity index (χ2n) is 18.8. The highest BCUT2D eigenvalue weighted by molar-refractivity contribution is 5.95. The number of para-hydroxylation sites is 1. The van der Waals surface area contributed by atoms with Crippen LogP contribution in [0.5, 0.6) is 0 Å². The van der Waals surface area contributed by atoms with E-state index in [2.05, 4.69) is 176 Å². The van der Waals surface area contributed by atoms with Crippen LogP contribution in [0.3, 0.4) is 0 Å². The van der Waals surface area contributed by atoms with Crippen LogP contribution in [0.1, 0.15) is 119 Å². The molecule has 0 aromatic heterocycles. The van der Waals surface area contributed by atoms with Gasteiger partial charge in [-0.2, -0.15) is 0 Å². The molecular weight excluding hydrogens is 629 g/mol. The minimum atomic E-state index is -0.187. The van der Waals surface area contributed by atoms with Gasteiger partial charge in [0.05, 0.1) is 17.1 Å². The van der Waals surface area contributed by atoms with Gasteiger partial charge < -0.3 is 9.80 Å². The molecule has 2 unspecified atom stereocenters. The Morgan fingerprint density at radius 2 is 1.27 bits per heavy atom. The Hall–Kier alpha value is -4.56. The van der Waals surface area contributed by atoms with Crippen molar-refractivity contribution in [3.05, 3.63) is 164 Å². The number of fused-ring (bicyclic) bond motifs is 3. The molecule has 0 N–H and O–H groups in total. The highest BCUT2D eigenvalue weighted by Gasteiger charge is 2.54. The van der Waals surface area contributed by atoms with E-state index in [9.17, 15) is 0 Å². The second kappa shape index (κ2) is 10.1. The summed E-state index contributed by atoms with van der Waals surface area (Å²) in [6.45, 7) is 24.2. The molecule has 10 rings (SSSR count). The lowest BCUT2D eigenvalue weighted by Crippen LogP contribution is -2.47. The number of allylic oxidation sites excluding steroid dienone is 6. The molecule has 2 atom stereocenters. The fraction of sp³-hybridized carbons (Fsp3) is 0.360. The van der Waals surface area contributed by atoms with E-state index in [-0.39, 0.29) is 21.7 Å². The first kappa shape index (κ1) is 32.1. The minimum absolute atomic E-state index is 0.0110. The first-order chi connectivity index (χ1) is 24.6. The van der Waals surface area contributed by atoms with Gasteiger partial charge in [0.25, 0.3) is 0 Å². The van der Waals surface area contributed by atoms with Crippen LogP contribution in [0.25, 0.3) is 0 Å². The van der Waals surface area contributed by atoms with Gasteiger partial charge in [-0.1, -0.05) is 122 Å². The van der Waals surface area contributed by atoms with E-state index in [4.69, 9.17) is 0 Å². The third-order valence-corrected chi connectivity index (χ3v) is 14.2. The van der Waals surface area contributed by atoms with Crippen molar-refractivity contribution >= 4 is 22.7 Å². The molecule has 262 valence electrons. The van der Waals surface area contributed by atoms with E-state index in [1.54, 1.807) is 5.57 Å². The Balaban J connectivity index is 1.25. The van der Waals surface area contributed by atoms with Gasteiger partial charge in [0, 0.05) is 39.2 Å². The van der Waals surface area contributed by atoms with Crippen molar-refractivity contribution in [2.45, 2.75) is 110 Å². The topological polar surface area (TPSA) is 6.48 Å². The van der Waals surface area contributed by atoms with Crippen molar-refractivity contribution in [2.75, 3.05) is 9.80 Å². The van der Waals surface area contributed by atoms with Crippen LogP contribution in [0, 0.1) is 19.8 Å². The number of anilines is 4. The molecule has 2 nitrogen and oxygen atoms in total. The number of aryl methyl sites for hydroxylation is 2. The average molecular weight is 681 g/mol. The van der Waals surface area contributed by atoms with Crippen molar-refractivity contribution in [3.63, 3.8) is 0 Å². The maximum absolute atomic E-state index is 2.73. The summed E-state index contributed by atoms with van der Waals surface area (Å²) in [6.07, 6.45) is 12.3. The maximum Gasteiger partial charge on any atom is 0.0545 e. The molecule has 0 saturated carbocycles. The van der Waals surface area contributed by atoms with Gasteiger partial charge in [-0.3, -0.25) is 0 Å². The molecule has 0 bridgehead atoms. The Labute approximate surface area is 311 Å². The van der Waals surface area contributed by atoms with Crippen molar-refractivity contribution in [1.82, 2.24) is 0 Å². The van der Waals surface area contributed by atoms with Crippen molar-refractivity contribution in [1.29, 1.82) is 0 Å². The van der Waals surface area contributed by atoms with E-state index < -0.39 is 0 Å². The van der Waals surface area contributed by atoms with Crippen molar-refractivity contribution < 1.29 is 0 Å². The summed E-state index contributed by atoms with van der Waals surface area (Å²) < 4.78 is 0. The lowest BCUT2D eigenvalue weighted by molar-refractivity contribution is 0.392. The predicted molar refractivity (Wildman–Crippen MR) is 219 cm³/mol. The second-order valence-corrected chi connectivity index (χ2v) is 18.8. The number of benzene rings is 4. The zero-order chi connectivity index (χ0) is 36.3. The summed E-state index contributed by atoms with van der Waals surface area (Å²) in [6, 6.07) is 28.5. The minimum Gasteiger partial charge on any atom is -0.311 e. The molecule has 4 aromatic carbocycles. The van der Waals surface area contributed by atoms with E-state index in [0.717, 1.165) is 12.8 Å². The fourth-order valence-electron chi connectivity index (χ4n) is 11.5. The summed E-state index contributed by atoms with van der Waals surface area (Å²) in [7, 11) is 0. The first-order valence-corrected chi connectivity index (χ1v) is 19.6. The van der Waals surface area contributed by atoms with Crippen LogP contribution in [0.2, 0.25) is 0 Å². The Kier molecular flexibility index (Phi) is 6.24. The Bertz CT molecular complexity index is 2380. The van der Waals surface area contributed by atoms with Crippen LogP contribution < -0.4 is 9.80 Å². The van der Waals surface area contributed by atoms with Gasteiger partial charge >= 0.3 is 0 Å². The van der Waals surface area contributed by atoms with Gasteiger partial charge in [-0.05, 0) is 124 Å². The molecule has 2 heteroatoms. The van der Waals surface area contributed by atoms with Crippen LogP contribution in [0.4, 0.5) is 22.7 Å². The monoisotopic (exact) mass is 680 g/mol. The number of nitrogens with zero attached hydrogens (tertiary/aromatic N) is 2. The van der Waals surface area contributed by atoms with E-state index in [0.29, 0.717) is 11.8 Å². The van der Waals surface area contributed by atoms with Gasteiger partial charge in [-0.25, -0.2) is 0 Å². The third kappa shape index (κ3) is 3.91. The molecule has 6 aliphatic rings. The lowest BCUT2D eigenvalue weighted by Gasteiger charge is -2.57. The normalized spacial score (nSPS) is 24.1. The maximum atomic E-state index is 2.73. The summed E-state index contributed by atoms with van der Waals surface area (Å²) in [5, 5.41) is 0. The Morgan fingerprint density at radius 1 is 0.654 bits per heavy atom. The zero-order valence-electron chi connectivity index (χ0n) is 32.7. The molecule has 0 amide bonds. The third-order valence-electron chi connectivity index (χ3n) is 14.2. The molecule has 4 aromatic rings. The van der Waals surface area contributed by atoms with E-state index >= 15 is 0 Å². The zero-order valence-corrected chi connectivity index (χ0v) is 32.7. The molecule has 0 radical (unpaired) electrons. The molecule has 0 fully saturated rings. The number of hydrogen-bond donors (Lipinski definition) is 0. The Morgan fingerprint density at radius 3 is 2.00 bits per heavy atom. The van der Waals surface area contributed by atoms with Crippen LogP contribution in [-0.4, -0.2) is 0 Å². The number of hydrogen-bond acceptors (Lipinski definition) is 2. The summed E-state index contributed by atoms with van der Waals surface area (Å²) in [5.74, 6) is 0.771. The highest BCUT2D eigenvalue weighted by atomic mass is 15.2. The average Bonchev–Trinajstić information content (AvgIpc) is 3.32. The highest BCUT2D eigenvalue weighted by Crippen LogP contribution is 2.66. The molecule has 52 heavy (non-hydrogen) atoms. The van der Waals surface area contributed by atoms with Crippen LogP contribution in [0.15, 0.2) is 120 Å². The van der Waals surface area contributed by atoms with Crippen LogP contribution in [-0.2, 0) is 21.7 Å². The lowest BCUT2D eigenvalue weighted by atomic mass is 9.58. The molecule has 0 spiro atoms. The smallest absolute Gasteiger partial charge is 0.0545 e. The van der Waals surface area contributed by atoms with Gasteiger partial charge in [0.15, 0.2) is 0 Å².